The number of aliphatic hydroxyl groups is 1. The molecule has 1 unspecified atom stereocenters. The average Bonchev–Trinajstić information content (AvgIpc) is 3.17. The Morgan fingerprint density at radius 2 is 1.91 bits per heavy atom. The Balaban J connectivity index is 1.58. The van der Waals surface area contributed by atoms with Crippen LogP contribution in [-0.2, 0) is 7.05 Å². The lowest BCUT2D eigenvalue weighted by molar-refractivity contribution is 0.0691. The number of carboxylic acid groups (broad SMARTS) is 1. The molecule has 33 heavy (non-hydrogen) atoms. The molecule has 1 aromatic carbocycles. The van der Waals surface area contributed by atoms with Crippen molar-refractivity contribution in [2.45, 2.75) is 19.1 Å². The third kappa shape index (κ3) is 3.70. The van der Waals surface area contributed by atoms with Gasteiger partial charge in [-0.1, -0.05) is 23.2 Å². The maximum atomic E-state index is 13.2. The van der Waals surface area contributed by atoms with E-state index in [2.05, 4.69) is 10.3 Å². The molecule has 172 valence electrons. The second-order valence-corrected chi connectivity index (χ2v) is 9.42. The molecule has 2 fully saturated rings. The van der Waals surface area contributed by atoms with E-state index in [4.69, 9.17) is 28.2 Å². The topological polar surface area (TPSA) is 121 Å². The van der Waals surface area contributed by atoms with Crippen LogP contribution < -0.4 is 15.8 Å². The standard InChI is InChI=1S/C22H21Cl2N5O4/c1-9(25-15-3-4-16(24)26-18(15)21(32)33)11-5-10(23)6-12-17(11)27-22(28(2)20(12)31)29-7-13-14(8-29)19(13)30/h3-6,9,13-14,19,25,30H,7-8H2,1-2H3,(H,32,33)/t9-,13-,14+,19?/m1/s1. The molecular formula is C22H21Cl2N5O4. The van der Waals surface area contributed by atoms with Gasteiger partial charge in [0.1, 0.15) is 5.15 Å². The van der Waals surface area contributed by atoms with Gasteiger partial charge in [0, 0.05) is 42.6 Å². The number of anilines is 2. The first-order chi connectivity index (χ1) is 15.7. The number of pyridine rings is 1. The van der Waals surface area contributed by atoms with Gasteiger partial charge in [0.25, 0.3) is 5.56 Å². The molecule has 1 saturated heterocycles. The van der Waals surface area contributed by atoms with Gasteiger partial charge < -0.3 is 20.4 Å². The Kier molecular flexibility index (Phi) is 5.23. The van der Waals surface area contributed by atoms with Gasteiger partial charge in [0.15, 0.2) is 5.69 Å². The molecule has 1 aliphatic heterocycles. The maximum Gasteiger partial charge on any atom is 0.356 e. The summed E-state index contributed by atoms with van der Waals surface area (Å²) in [6.45, 7) is 3.12. The van der Waals surface area contributed by atoms with Crippen LogP contribution in [0.5, 0.6) is 0 Å². The number of carboxylic acids is 1. The Morgan fingerprint density at radius 1 is 1.21 bits per heavy atom. The summed E-state index contributed by atoms with van der Waals surface area (Å²) in [5.74, 6) is -0.251. The number of halogens is 2. The van der Waals surface area contributed by atoms with E-state index < -0.39 is 12.0 Å². The van der Waals surface area contributed by atoms with Crippen LogP contribution in [0.4, 0.5) is 11.6 Å². The summed E-state index contributed by atoms with van der Waals surface area (Å²) in [7, 11) is 1.67. The van der Waals surface area contributed by atoms with Gasteiger partial charge in [-0.2, -0.15) is 0 Å². The van der Waals surface area contributed by atoms with Gasteiger partial charge in [-0.3, -0.25) is 9.36 Å². The summed E-state index contributed by atoms with van der Waals surface area (Å²) in [6.07, 6.45) is -0.270. The molecule has 0 bridgehead atoms. The number of piperidine rings is 1. The Labute approximate surface area is 198 Å². The van der Waals surface area contributed by atoms with Gasteiger partial charge in [-0.05, 0) is 31.2 Å². The van der Waals surface area contributed by atoms with E-state index in [1.54, 1.807) is 25.2 Å². The van der Waals surface area contributed by atoms with E-state index in [1.807, 2.05) is 11.8 Å². The highest BCUT2D eigenvalue weighted by Crippen LogP contribution is 2.46. The number of nitrogens with zero attached hydrogens (tertiary/aromatic N) is 4. The number of aliphatic hydroxyl groups excluding tert-OH is 1. The van der Waals surface area contributed by atoms with Crippen molar-refractivity contribution in [1.29, 1.82) is 0 Å². The van der Waals surface area contributed by atoms with Crippen LogP contribution >= 0.6 is 23.2 Å². The number of nitrogens with one attached hydrogen (secondary N) is 1. The molecule has 2 aromatic heterocycles. The summed E-state index contributed by atoms with van der Waals surface area (Å²) < 4.78 is 1.50. The fraction of sp³-hybridized carbons (Fsp3) is 0.364. The van der Waals surface area contributed by atoms with Crippen LogP contribution in [-0.4, -0.2) is 49.9 Å². The van der Waals surface area contributed by atoms with Crippen LogP contribution in [0, 0.1) is 11.8 Å². The Hall–Kier alpha value is -2.88. The monoisotopic (exact) mass is 489 g/mol. The summed E-state index contributed by atoms with van der Waals surface area (Å²) in [6, 6.07) is 5.89. The molecule has 3 N–H and O–H groups in total. The predicted octanol–water partition coefficient (Wildman–Crippen LogP) is 2.93. The Bertz CT molecular complexity index is 1350. The van der Waals surface area contributed by atoms with E-state index in [-0.39, 0.29) is 40.0 Å². The molecule has 3 aromatic rings. The van der Waals surface area contributed by atoms with Crippen molar-refractivity contribution in [2.75, 3.05) is 23.3 Å². The number of rotatable bonds is 5. The molecule has 1 aliphatic carbocycles. The van der Waals surface area contributed by atoms with Crippen molar-refractivity contribution in [3.8, 4) is 0 Å². The smallest absolute Gasteiger partial charge is 0.356 e. The number of benzene rings is 1. The number of carbonyl (C=O) groups is 1. The van der Waals surface area contributed by atoms with Gasteiger partial charge >= 0.3 is 5.97 Å². The maximum absolute atomic E-state index is 13.2. The fourth-order valence-corrected chi connectivity index (χ4v) is 5.03. The van der Waals surface area contributed by atoms with Crippen LogP contribution in [0.2, 0.25) is 10.2 Å². The molecule has 1 saturated carbocycles. The number of hydrogen-bond donors (Lipinski definition) is 3. The molecule has 0 radical (unpaired) electrons. The van der Waals surface area contributed by atoms with Crippen LogP contribution in [0.15, 0.2) is 29.1 Å². The van der Waals surface area contributed by atoms with Gasteiger partial charge in [0.05, 0.1) is 28.7 Å². The van der Waals surface area contributed by atoms with E-state index in [0.717, 1.165) is 0 Å². The first-order valence-corrected chi connectivity index (χ1v) is 11.2. The van der Waals surface area contributed by atoms with Crippen LogP contribution in [0.1, 0.15) is 29.0 Å². The number of fused-ring (bicyclic) bond motifs is 2. The zero-order valence-electron chi connectivity index (χ0n) is 17.8. The number of aromatic carboxylic acids is 1. The van der Waals surface area contributed by atoms with Crippen LogP contribution in [0.25, 0.3) is 10.9 Å². The minimum Gasteiger partial charge on any atom is -0.476 e. The van der Waals surface area contributed by atoms with Crippen molar-refractivity contribution < 1.29 is 15.0 Å². The summed E-state index contributed by atoms with van der Waals surface area (Å²) in [5.41, 5.74) is 0.973. The third-order valence-electron chi connectivity index (χ3n) is 6.49. The van der Waals surface area contributed by atoms with Crippen LogP contribution in [0.3, 0.4) is 0 Å². The normalized spacial score (nSPS) is 22.3. The second-order valence-electron chi connectivity index (χ2n) is 8.59. The molecule has 0 amide bonds. The molecule has 5 rings (SSSR count). The second kappa shape index (κ2) is 7.86. The number of hydrogen-bond acceptors (Lipinski definition) is 7. The minimum absolute atomic E-state index is 0.0717. The third-order valence-corrected chi connectivity index (χ3v) is 6.91. The van der Waals surface area contributed by atoms with Gasteiger partial charge in [-0.15, -0.1) is 0 Å². The van der Waals surface area contributed by atoms with Crippen molar-refractivity contribution in [3.63, 3.8) is 0 Å². The highest BCUT2D eigenvalue weighted by Gasteiger charge is 2.55. The van der Waals surface area contributed by atoms with Gasteiger partial charge in [-0.25, -0.2) is 14.8 Å². The van der Waals surface area contributed by atoms with E-state index >= 15 is 0 Å². The van der Waals surface area contributed by atoms with E-state index in [9.17, 15) is 19.8 Å². The van der Waals surface area contributed by atoms with E-state index in [1.165, 1.54) is 10.6 Å². The minimum atomic E-state index is -1.22. The summed E-state index contributed by atoms with van der Waals surface area (Å²) >= 11 is 12.2. The molecule has 0 spiro atoms. The molecule has 2 aliphatic rings. The quantitative estimate of drug-likeness (QED) is 0.467. The predicted molar refractivity (Wildman–Crippen MR) is 125 cm³/mol. The summed E-state index contributed by atoms with van der Waals surface area (Å²) in [4.78, 5) is 35.6. The van der Waals surface area contributed by atoms with Crippen molar-refractivity contribution in [3.05, 3.63) is 56.1 Å². The first kappa shape index (κ1) is 21.9. The van der Waals surface area contributed by atoms with Crippen molar-refractivity contribution in [2.24, 2.45) is 18.9 Å². The fourth-order valence-electron chi connectivity index (χ4n) is 4.65. The lowest BCUT2D eigenvalue weighted by Crippen LogP contribution is -2.33. The zero-order chi connectivity index (χ0) is 23.6. The summed E-state index contributed by atoms with van der Waals surface area (Å²) in [5, 5.41) is 23.3. The lowest BCUT2D eigenvalue weighted by atomic mass is 10.0. The lowest BCUT2D eigenvalue weighted by Gasteiger charge is -2.24. The van der Waals surface area contributed by atoms with Crippen molar-refractivity contribution in [1.82, 2.24) is 14.5 Å². The van der Waals surface area contributed by atoms with Crippen molar-refractivity contribution >= 4 is 51.7 Å². The SMILES string of the molecule is C[C@@H](Nc1ccc(Cl)nc1C(=O)O)c1cc(Cl)cc2c(=O)n(C)c(N3C[C@@H]4C(O)[C@@H]4C3)nc12. The van der Waals surface area contributed by atoms with E-state index in [0.29, 0.717) is 40.5 Å². The first-order valence-electron chi connectivity index (χ1n) is 10.4. The largest absolute Gasteiger partial charge is 0.476 e. The molecule has 4 atom stereocenters. The molecular weight excluding hydrogens is 469 g/mol. The zero-order valence-corrected chi connectivity index (χ0v) is 19.3. The Morgan fingerprint density at radius 3 is 2.58 bits per heavy atom. The molecule has 11 heteroatoms. The number of aromatic nitrogens is 3. The molecule has 3 heterocycles. The average molecular weight is 490 g/mol. The highest BCUT2D eigenvalue weighted by atomic mass is 35.5. The molecule has 9 nitrogen and oxygen atoms in total. The van der Waals surface area contributed by atoms with Gasteiger partial charge in [0.2, 0.25) is 5.95 Å². The highest BCUT2D eigenvalue weighted by molar-refractivity contribution is 6.31.